The second-order valence-electron chi connectivity index (χ2n) is 7.74. The molecule has 8 unspecified atom stereocenters. The Morgan fingerprint density at radius 1 is 0.531 bits per heavy atom. The molecular formula is C18H48B2O12-2. The number of hydrogen-bond donors (Lipinski definition) is 4. The number of aliphatic hydroxyl groups excluding tert-OH is 2. The van der Waals surface area contributed by atoms with Gasteiger partial charge in [-0.3, -0.25) is 0 Å². The summed E-state index contributed by atoms with van der Waals surface area (Å²) in [5, 5.41) is 34.2. The van der Waals surface area contributed by atoms with Gasteiger partial charge < -0.3 is 59.1 Å². The average Bonchev–Trinajstić information content (AvgIpc) is 3.05. The minimum atomic E-state index is -2.95. The largest absolute Gasteiger partial charge is 0.533 e. The summed E-state index contributed by atoms with van der Waals surface area (Å²) in [6.45, 7) is 9.53. The molecule has 8 atom stereocenters. The highest BCUT2D eigenvalue weighted by atomic mass is 16.9. The molecule has 0 saturated carbocycles. The van der Waals surface area contributed by atoms with Crippen molar-refractivity contribution in [2.24, 2.45) is 0 Å². The van der Waals surface area contributed by atoms with Gasteiger partial charge in [0, 0.05) is 36.6 Å². The molecular weight excluding hydrogens is 430 g/mol. The lowest BCUT2D eigenvalue weighted by molar-refractivity contribution is 0.0438. The Balaban J connectivity index is -0.000000185. The van der Waals surface area contributed by atoms with Crippen LogP contribution in [0.15, 0.2) is 0 Å². The Morgan fingerprint density at radius 3 is 0.844 bits per heavy atom. The molecule has 3 saturated heterocycles. The first kappa shape index (κ1) is 38.9. The van der Waals surface area contributed by atoms with E-state index in [-0.39, 0.29) is 62.4 Å². The van der Waals surface area contributed by atoms with E-state index in [4.69, 9.17) is 38.9 Å². The van der Waals surface area contributed by atoms with Crippen molar-refractivity contribution in [3.63, 3.8) is 0 Å². The Kier molecular flexibility index (Phi) is 18.9. The molecule has 0 aromatic carbocycles. The van der Waals surface area contributed by atoms with Crippen LogP contribution >= 0.6 is 0 Å². The van der Waals surface area contributed by atoms with Crippen LogP contribution in [0.3, 0.4) is 0 Å². The quantitative estimate of drug-likeness (QED) is 0.362. The predicted molar refractivity (Wildman–Crippen MR) is 123 cm³/mol. The Bertz CT molecular complexity index is 419. The standard InChI is InChI=1S/C8H16BO4.C4H10BO4.C4H10O2.2CH4.2H2O/c1-5-6(2)11-9(10-5)12-7(3)8(4)13-9;1-3-4(2)9-5(6,7)8-3;1-3(5)4(2)6;;;;/h5-8H,1-4H3;3-4,6-7H,1-2H3;3-6H,1-2H3;2*1H4;2*1H2/q2*-1;;;;;. The van der Waals surface area contributed by atoms with E-state index in [2.05, 4.69) is 9.31 Å². The van der Waals surface area contributed by atoms with Crippen LogP contribution in [0.2, 0.25) is 0 Å². The zero-order valence-electron chi connectivity index (χ0n) is 19.0. The van der Waals surface area contributed by atoms with Crippen molar-refractivity contribution >= 4 is 13.9 Å². The molecule has 0 radical (unpaired) electrons. The highest BCUT2D eigenvalue weighted by molar-refractivity contribution is 6.55. The van der Waals surface area contributed by atoms with Gasteiger partial charge >= 0.3 is 13.9 Å². The molecule has 0 aliphatic carbocycles. The molecule has 0 amide bonds. The van der Waals surface area contributed by atoms with Crippen molar-refractivity contribution in [1.82, 2.24) is 0 Å². The molecule has 3 aliphatic rings. The minimum Gasteiger partial charge on any atom is -0.533 e. The molecule has 32 heavy (non-hydrogen) atoms. The van der Waals surface area contributed by atoms with Gasteiger partial charge in [0.1, 0.15) is 0 Å². The van der Waals surface area contributed by atoms with Crippen molar-refractivity contribution in [2.75, 3.05) is 0 Å². The fourth-order valence-corrected chi connectivity index (χ4v) is 2.50. The molecule has 3 fully saturated rings. The highest BCUT2D eigenvalue weighted by Crippen LogP contribution is 2.34. The highest BCUT2D eigenvalue weighted by Gasteiger charge is 2.49. The third-order valence-electron chi connectivity index (χ3n) is 4.99. The number of aliphatic hydroxyl groups is 2. The van der Waals surface area contributed by atoms with Crippen LogP contribution in [-0.2, 0) is 27.9 Å². The van der Waals surface area contributed by atoms with Gasteiger partial charge in [0.2, 0.25) is 0 Å². The summed E-state index contributed by atoms with van der Waals surface area (Å²) in [5.74, 6) is 0. The number of rotatable bonds is 1. The summed E-state index contributed by atoms with van der Waals surface area (Å²) in [4.78, 5) is 0. The van der Waals surface area contributed by atoms with Crippen LogP contribution in [0.5, 0.6) is 0 Å². The van der Waals surface area contributed by atoms with Crippen LogP contribution in [-0.4, -0.2) is 94.0 Å². The molecule has 3 heterocycles. The first-order valence-electron chi connectivity index (χ1n) is 9.81. The minimum absolute atomic E-state index is 0. The van der Waals surface area contributed by atoms with E-state index < -0.39 is 26.1 Å². The fourth-order valence-electron chi connectivity index (χ4n) is 2.50. The van der Waals surface area contributed by atoms with Gasteiger partial charge in [0.15, 0.2) is 0 Å². The van der Waals surface area contributed by atoms with Crippen LogP contribution in [0.1, 0.15) is 70.2 Å². The van der Waals surface area contributed by atoms with Gasteiger partial charge in [0.05, 0.1) is 12.2 Å². The third kappa shape index (κ3) is 11.7. The summed E-state index contributed by atoms with van der Waals surface area (Å²) in [6, 6.07) is 0. The Morgan fingerprint density at radius 2 is 0.719 bits per heavy atom. The second kappa shape index (κ2) is 15.5. The molecule has 1 spiro atoms. The van der Waals surface area contributed by atoms with Crippen LogP contribution < -0.4 is 0 Å². The van der Waals surface area contributed by atoms with Crippen molar-refractivity contribution in [3.8, 4) is 0 Å². The van der Waals surface area contributed by atoms with Crippen LogP contribution in [0, 0.1) is 0 Å². The first-order valence-corrected chi connectivity index (χ1v) is 9.81. The second-order valence-corrected chi connectivity index (χ2v) is 7.74. The lowest BCUT2D eigenvalue weighted by Crippen LogP contribution is -2.40. The van der Waals surface area contributed by atoms with E-state index in [1.807, 2.05) is 27.7 Å². The Labute approximate surface area is 192 Å². The fraction of sp³-hybridized carbons (Fsp3) is 1.00. The molecule has 0 aromatic heterocycles. The third-order valence-corrected chi connectivity index (χ3v) is 4.99. The summed E-state index contributed by atoms with van der Waals surface area (Å²) in [5.41, 5.74) is 0. The van der Waals surface area contributed by atoms with E-state index >= 15 is 0 Å². The van der Waals surface area contributed by atoms with Crippen LogP contribution in [0.4, 0.5) is 0 Å². The predicted octanol–water partition coefficient (Wildman–Crippen LogP) is -0.329. The molecule has 8 N–H and O–H groups in total. The molecule has 14 heteroatoms. The van der Waals surface area contributed by atoms with Gasteiger partial charge in [-0.05, 0) is 55.4 Å². The molecule has 3 rings (SSSR count). The van der Waals surface area contributed by atoms with E-state index in [0.29, 0.717) is 0 Å². The summed E-state index contributed by atoms with van der Waals surface area (Å²) >= 11 is 0. The Hall–Kier alpha value is -0.350. The van der Waals surface area contributed by atoms with Gasteiger partial charge in [-0.1, -0.05) is 14.9 Å². The van der Waals surface area contributed by atoms with Gasteiger partial charge in [-0.25, -0.2) is 0 Å². The van der Waals surface area contributed by atoms with E-state index in [1.54, 1.807) is 27.7 Å². The average molecular weight is 478 g/mol. The molecule has 0 aromatic rings. The maximum absolute atomic E-state index is 8.71. The summed E-state index contributed by atoms with van der Waals surface area (Å²) in [7, 11) is 0. The van der Waals surface area contributed by atoms with Crippen molar-refractivity contribution < 1.29 is 59.1 Å². The lowest BCUT2D eigenvalue weighted by Gasteiger charge is -2.28. The van der Waals surface area contributed by atoms with Crippen molar-refractivity contribution in [1.29, 1.82) is 0 Å². The lowest BCUT2D eigenvalue weighted by atomic mass is 10.1. The van der Waals surface area contributed by atoms with Crippen molar-refractivity contribution in [3.05, 3.63) is 0 Å². The van der Waals surface area contributed by atoms with Gasteiger partial charge in [-0.15, -0.1) is 0 Å². The maximum Gasteiger partial charge on any atom is 0.532 e. The summed E-state index contributed by atoms with van der Waals surface area (Å²) < 4.78 is 31.5. The normalized spacial score (nSPS) is 38.2. The van der Waals surface area contributed by atoms with Gasteiger partial charge in [-0.2, -0.15) is 0 Å². The molecule has 0 bridgehead atoms. The smallest absolute Gasteiger partial charge is 0.532 e. The first-order chi connectivity index (χ1) is 12.7. The number of hydrogen-bond acceptors (Lipinski definition) is 10. The zero-order valence-corrected chi connectivity index (χ0v) is 19.0. The van der Waals surface area contributed by atoms with Crippen molar-refractivity contribution in [2.45, 2.75) is 119 Å². The van der Waals surface area contributed by atoms with E-state index in [1.165, 1.54) is 0 Å². The summed E-state index contributed by atoms with van der Waals surface area (Å²) in [6.07, 6.45) is -1.50. The van der Waals surface area contributed by atoms with E-state index in [0.717, 1.165) is 0 Å². The zero-order chi connectivity index (χ0) is 21.9. The molecule has 12 nitrogen and oxygen atoms in total. The molecule has 3 aliphatic heterocycles. The van der Waals surface area contributed by atoms with Gasteiger partial charge in [0.25, 0.3) is 0 Å². The maximum atomic E-state index is 8.71. The monoisotopic (exact) mass is 478 g/mol. The topological polar surface area (TPSA) is 199 Å². The SMILES string of the molecule is C.C.CC(O)C(C)O.CC1O[B-](O)(O)OC1C.CC1O[B-]2(OC1C)OC(C)C(C)O2.O.O. The van der Waals surface area contributed by atoms with Crippen LogP contribution in [0.25, 0.3) is 0 Å². The van der Waals surface area contributed by atoms with E-state index in [9.17, 15) is 0 Å². The molecule has 200 valence electrons.